The van der Waals surface area contributed by atoms with E-state index in [2.05, 4.69) is 24.0 Å². The predicted molar refractivity (Wildman–Crippen MR) is 104 cm³/mol. The van der Waals surface area contributed by atoms with E-state index in [-0.39, 0.29) is 24.3 Å². The molecule has 0 N–H and O–H groups in total. The molecule has 5 heteroatoms. The Morgan fingerprint density at radius 2 is 1.78 bits per heavy atom. The lowest BCUT2D eigenvalue weighted by atomic mass is 9.98. The second kappa shape index (κ2) is 7.53. The molecule has 2 aromatic carbocycles. The zero-order chi connectivity index (χ0) is 18.8. The molecule has 4 rings (SSSR count). The van der Waals surface area contributed by atoms with Gasteiger partial charge in [0.25, 0.3) is 5.91 Å². The number of fused-ring (bicyclic) bond motifs is 1. The van der Waals surface area contributed by atoms with Crippen molar-refractivity contribution < 1.29 is 14.3 Å². The third-order valence-corrected chi connectivity index (χ3v) is 5.29. The molecule has 0 saturated carbocycles. The summed E-state index contributed by atoms with van der Waals surface area (Å²) in [5.74, 6) is 0.497. The van der Waals surface area contributed by atoms with Gasteiger partial charge in [-0.2, -0.15) is 0 Å². The largest absolute Gasteiger partial charge is 0.494 e. The molecule has 1 atom stereocenters. The molecule has 2 amide bonds. The van der Waals surface area contributed by atoms with Crippen molar-refractivity contribution >= 4 is 17.5 Å². The number of hydrogen-bond acceptors (Lipinski definition) is 4. The van der Waals surface area contributed by atoms with E-state index in [0.29, 0.717) is 12.3 Å². The molecule has 0 spiro atoms. The first-order valence-corrected chi connectivity index (χ1v) is 9.58. The van der Waals surface area contributed by atoms with Gasteiger partial charge in [-0.3, -0.25) is 14.5 Å². The van der Waals surface area contributed by atoms with E-state index < -0.39 is 0 Å². The zero-order valence-electron chi connectivity index (χ0n) is 15.6. The van der Waals surface area contributed by atoms with Crippen LogP contribution in [0, 0.1) is 0 Å². The maximum atomic E-state index is 13.0. The Bertz CT molecular complexity index is 847. The van der Waals surface area contributed by atoms with Crippen molar-refractivity contribution in [2.75, 3.05) is 18.1 Å². The van der Waals surface area contributed by atoms with Crippen LogP contribution in [0.3, 0.4) is 0 Å². The summed E-state index contributed by atoms with van der Waals surface area (Å²) < 4.78 is 5.58. The summed E-state index contributed by atoms with van der Waals surface area (Å²) >= 11 is 0. The third-order valence-electron chi connectivity index (χ3n) is 5.29. The zero-order valence-corrected chi connectivity index (χ0v) is 15.6. The van der Waals surface area contributed by atoms with Crippen molar-refractivity contribution in [3.63, 3.8) is 0 Å². The van der Waals surface area contributed by atoms with Crippen LogP contribution in [-0.2, 0) is 22.6 Å². The predicted octanol–water partition coefficient (Wildman–Crippen LogP) is 3.17. The molecular weight excluding hydrogens is 340 g/mol. The summed E-state index contributed by atoms with van der Waals surface area (Å²) in [7, 11) is 0. The highest BCUT2D eigenvalue weighted by Crippen LogP contribution is 2.30. The van der Waals surface area contributed by atoms with Crippen LogP contribution in [-0.4, -0.2) is 35.9 Å². The van der Waals surface area contributed by atoms with Gasteiger partial charge in [0.15, 0.2) is 0 Å². The summed E-state index contributed by atoms with van der Waals surface area (Å²) in [5.41, 5.74) is 3.21. The Kier molecular flexibility index (Phi) is 4.94. The number of anilines is 1. The Morgan fingerprint density at radius 1 is 1.04 bits per heavy atom. The van der Waals surface area contributed by atoms with Gasteiger partial charge >= 0.3 is 0 Å². The number of rotatable bonds is 5. The van der Waals surface area contributed by atoms with Crippen molar-refractivity contribution in [2.24, 2.45) is 0 Å². The third kappa shape index (κ3) is 3.47. The minimum atomic E-state index is -0.373. The minimum absolute atomic E-state index is 0.124. The number of carbonyl (C=O) groups is 2. The molecule has 5 nitrogen and oxygen atoms in total. The fraction of sp³-hybridized carbons (Fsp3) is 0.364. The van der Waals surface area contributed by atoms with Crippen molar-refractivity contribution in [1.82, 2.24) is 4.90 Å². The molecule has 1 saturated heterocycles. The van der Waals surface area contributed by atoms with Crippen molar-refractivity contribution in [3.05, 3.63) is 59.7 Å². The van der Waals surface area contributed by atoms with Crippen LogP contribution in [0.1, 0.15) is 30.9 Å². The molecule has 140 valence electrons. The van der Waals surface area contributed by atoms with Crippen molar-refractivity contribution in [3.8, 4) is 5.75 Å². The smallest absolute Gasteiger partial charge is 0.251 e. The molecule has 2 aliphatic heterocycles. The van der Waals surface area contributed by atoms with Gasteiger partial charge in [-0.15, -0.1) is 0 Å². The highest BCUT2D eigenvalue weighted by atomic mass is 16.5. The molecule has 0 radical (unpaired) electrons. The lowest BCUT2D eigenvalue weighted by Gasteiger charge is -2.32. The van der Waals surface area contributed by atoms with Gasteiger partial charge in [0.2, 0.25) is 5.91 Å². The first kappa shape index (κ1) is 17.7. The fourth-order valence-corrected chi connectivity index (χ4v) is 3.87. The summed E-state index contributed by atoms with van der Waals surface area (Å²) in [6.45, 7) is 4.23. The lowest BCUT2D eigenvalue weighted by molar-refractivity contribution is -0.123. The Balaban J connectivity index is 1.49. The van der Waals surface area contributed by atoms with Crippen LogP contribution in [0.25, 0.3) is 0 Å². The van der Waals surface area contributed by atoms with Crippen LogP contribution in [0.2, 0.25) is 0 Å². The molecule has 0 unspecified atom stereocenters. The average molecular weight is 364 g/mol. The molecule has 27 heavy (non-hydrogen) atoms. The monoisotopic (exact) mass is 364 g/mol. The molecule has 0 aromatic heterocycles. The molecule has 0 bridgehead atoms. The standard InChI is InChI=1S/C22H24N2O3/c1-2-13-27-19-9-7-18(8-10-19)24-21(25)14-20(22(24)26)23-12-11-16-5-3-4-6-17(16)15-23/h3-10,20H,2,11-15H2,1H3/t20-/m0/s1. The average Bonchev–Trinajstić information content (AvgIpc) is 3.00. The highest BCUT2D eigenvalue weighted by molar-refractivity contribution is 6.22. The summed E-state index contributed by atoms with van der Waals surface area (Å²) in [5, 5.41) is 0. The van der Waals surface area contributed by atoms with Gasteiger partial charge in [-0.05, 0) is 48.2 Å². The van der Waals surface area contributed by atoms with Crippen molar-refractivity contribution in [2.45, 2.75) is 38.8 Å². The van der Waals surface area contributed by atoms with Gasteiger partial charge in [-0.1, -0.05) is 31.2 Å². The second-order valence-electron chi connectivity index (χ2n) is 7.12. The summed E-state index contributed by atoms with van der Waals surface area (Å²) in [6, 6.07) is 15.2. The van der Waals surface area contributed by atoms with E-state index in [9.17, 15) is 9.59 Å². The first-order chi connectivity index (χ1) is 13.2. The van der Waals surface area contributed by atoms with Gasteiger partial charge in [0, 0.05) is 13.1 Å². The van der Waals surface area contributed by atoms with E-state index in [1.54, 1.807) is 12.1 Å². The number of nitrogens with zero attached hydrogens (tertiary/aromatic N) is 2. The number of benzene rings is 2. The summed E-state index contributed by atoms with van der Waals surface area (Å²) in [6.07, 6.45) is 2.10. The van der Waals surface area contributed by atoms with Crippen LogP contribution in [0.5, 0.6) is 5.75 Å². The fourth-order valence-electron chi connectivity index (χ4n) is 3.87. The van der Waals surface area contributed by atoms with Crippen LogP contribution in [0.4, 0.5) is 5.69 Å². The second-order valence-corrected chi connectivity index (χ2v) is 7.12. The van der Waals surface area contributed by atoms with Gasteiger partial charge in [0.05, 0.1) is 24.8 Å². The quantitative estimate of drug-likeness (QED) is 0.765. The number of imide groups is 1. The molecule has 2 aliphatic rings. The molecule has 2 heterocycles. The van der Waals surface area contributed by atoms with E-state index in [0.717, 1.165) is 31.7 Å². The maximum absolute atomic E-state index is 13.0. The number of carbonyl (C=O) groups excluding carboxylic acids is 2. The van der Waals surface area contributed by atoms with Gasteiger partial charge < -0.3 is 4.74 Å². The summed E-state index contributed by atoms with van der Waals surface area (Å²) in [4.78, 5) is 29.1. The van der Waals surface area contributed by atoms with Crippen LogP contribution >= 0.6 is 0 Å². The minimum Gasteiger partial charge on any atom is -0.494 e. The molecule has 1 fully saturated rings. The maximum Gasteiger partial charge on any atom is 0.251 e. The number of ether oxygens (including phenoxy) is 1. The number of hydrogen-bond donors (Lipinski definition) is 0. The van der Waals surface area contributed by atoms with Gasteiger partial charge in [0.1, 0.15) is 5.75 Å². The first-order valence-electron chi connectivity index (χ1n) is 9.58. The molecule has 2 aromatic rings. The topological polar surface area (TPSA) is 49.9 Å². The Hall–Kier alpha value is -2.66. The van der Waals surface area contributed by atoms with E-state index in [4.69, 9.17) is 4.74 Å². The van der Waals surface area contributed by atoms with Gasteiger partial charge in [-0.25, -0.2) is 4.90 Å². The van der Waals surface area contributed by atoms with Crippen molar-refractivity contribution in [1.29, 1.82) is 0 Å². The highest BCUT2D eigenvalue weighted by Gasteiger charge is 2.43. The lowest BCUT2D eigenvalue weighted by Crippen LogP contribution is -2.44. The number of amides is 2. The van der Waals surface area contributed by atoms with E-state index in [1.165, 1.54) is 16.0 Å². The SMILES string of the molecule is CCCOc1ccc(N2C(=O)C[C@H](N3CCc4ccccc4C3)C2=O)cc1. The normalized spacial score (nSPS) is 20.0. The Labute approximate surface area is 159 Å². The van der Waals surface area contributed by atoms with Crippen LogP contribution in [0.15, 0.2) is 48.5 Å². The van der Waals surface area contributed by atoms with Crippen LogP contribution < -0.4 is 9.64 Å². The molecular formula is C22H24N2O3. The molecule has 0 aliphatic carbocycles. The van der Waals surface area contributed by atoms with E-state index in [1.807, 2.05) is 24.3 Å². The van der Waals surface area contributed by atoms with E-state index >= 15 is 0 Å². The Morgan fingerprint density at radius 3 is 2.52 bits per heavy atom.